The second-order valence-electron chi connectivity index (χ2n) is 13.3. The molecule has 1 saturated heterocycles. The predicted octanol–water partition coefficient (Wildman–Crippen LogP) is 6.17. The largest absolute Gasteiger partial charge is 0.372 e. The first-order valence-electron chi connectivity index (χ1n) is 17.0. The number of nitrogens with zero attached hydrogens (tertiary/aromatic N) is 6. The number of aromatic nitrogens is 4. The maximum absolute atomic E-state index is 11.7. The normalized spacial score (nSPS) is 17.5. The molecule has 13 heteroatoms. The van der Waals surface area contributed by atoms with Crippen molar-refractivity contribution in [1.82, 2.24) is 35.1 Å². The van der Waals surface area contributed by atoms with Gasteiger partial charge in [-0.1, -0.05) is 59.6 Å². The molecular weight excluding hydrogens is 673 g/mol. The third-order valence-corrected chi connectivity index (χ3v) is 10.2. The zero-order valence-electron chi connectivity index (χ0n) is 28.9. The number of halogens is 2. The topological polar surface area (TPSA) is 128 Å². The molecule has 2 aromatic heterocycles. The Hall–Kier alpha value is -4.16. The fraction of sp³-hybridized carbons (Fsp3) is 0.405. The molecule has 1 saturated carbocycles. The van der Waals surface area contributed by atoms with Gasteiger partial charge in [0.15, 0.2) is 0 Å². The highest BCUT2D eigenvalue weighted by Crippen LogP contribution is 2.42. The standard InChI is InChI=1S/C37H43Cl2N9O2/c1-40-36-31(20-47(3)18-22-11-13-24(49)15-22)42-16-29(45-36)27-9-5-7-25(34(27)38)26-8-6-10-28(35(26)39)30-17-43-32(37(41-2)46-30)21-48(4)19-23-12-14-33(50)44-23/h5-10,16-17,22-23H,11-15,18-21H2,1-4H3,(H,40,45)(H,41,46)(H,44,50)/t22-,23+/m1/s1. The number of nitrogens with one attached hydrogen (secondary N) is 3. The van der Waals surface area contributed by atoms with E-state index in [-0.39, 0.29) is 11.9 Å². The lowest BCUT2D eigenvalue weighted by Crippen LogP contribution is -2.36. The van der Waals surface area contributed by atoms with Gasteiger partial charge in [-0.05, 0) is 32.9 Å². The van der Waals surface area contributed by atoms with Gasteiger partial charge in [-0.15, -0.1) is 0 Å². The molecule has 6 rings (SSSR count). The monoisotopic (exact) mass is 715 g/mol. The molecule has 1 aliphatic heterocycles. The summed E-state index contributed by atoms with van der Waals surface area (Å²) < 4.78 is 0. The quantitative estimate of drug-likeness (QED) is 0.148. The van der Waals surface area contributed by atoms with E-state index in [4.69, 9.17) is 43.1 Å². The van der Waals surface area contributed by atoms with E-state index in [1.807, 2.05) is 57.5 Å². The summed E-state index contributed by atoms with van der Waals surface area (Å²) in [5, 5.41) is 10.4. The number of rotatable bonds is 13. The van der Waals surface area contributed by atoms with E-state index in [2.05, 4.69) is 32.8 Å². The molecule has 262 valence electrons. The van der Waals surface area contributed by atoms with Crippen molar-refractivity contribution in [2.45, 2.75) is 51.2 Å². The fourth-order valence-corrected chi connectivity index (χ4v) is 7.56. The first-order valence-corrected chi connectivity index (χ1v) is 17.7. The summed E-state index contributed by atoms with van der Waals surface area (Å²) in [7, 11) is 7.72. The lowest BCUT2D eigenvalue weighted by molar-refractivity contribution is -0.119. The summed E-state index contributed by atoms with van der Waals surface area (Å²) in [4.78, 5) is 47.0. The third-order valence-electron chi connectivity index (χ3n) is 9.38. The van der Waals surface area contributed by atoms with Gasteiger partial charge in [0, 0.05) is 87.8 Å². The molecule has 2 fully saturated rings. The molecule has 4 aromatic rings. The van der Waals surface area contributed by atoms with Crippen molar-refractivity contribution >= 4 is 46.5 Å². The summed E-state index contributed by atoms with van der Waals surface area (Å²) in [6.07, 6.45) is 7.21. The second kappa shape index (κ2) is 15.8. The van der Waals surface area contributed by atoms with E-state index in [9.17, 15) is 9.59 Å². The van der Waals surface area contributed by atoms with Crippen LogP contribution in [-0.2, 0) is 22.7 Å². The number of hydrogen-bond donors (Lipinski definition) is 3. The average Bonchev–Trinajstić information content (AvgIpc) is 3.71. The molecule has 1 amide bonds. The van der Waals surface area contributed by atoms with Gasteiger partial charge in [-0.3, -0.25) is 24.5 Å². The molecule has 2 aliphatic rings. The van der Waals surface area contributed by atoms with E-state index in [0.29, 0.717) is 77.1 Å². The number of hydrogen-bond acceptors (Lipinski definition) is 10. The first-order chi connectivity index (χ1) is 24.1. The average molecular weight is 717 g/mol. The summed E-state index contributed by atoms with van der Waals surface area (Å²) in [6, 6.07) is 11.8. The SMILES string of the molecule is CNc1nc(-c2cccc(-c3cccc(-c4cnc(CN(C)C[C@@H]5CCC(=O)N5)c(NC)n4)c3Cl)c2Cl)cnc1CN(C)C[C@@H]1CCC(=O)C1. The van der Waals surface area contributed by atoms with Crippen LogP contribution in [0.25, 0.3) is 33.6 Å². The van der Waals surface area contributed by atoms with Crippen molar-refractivity contribution in [3.63, 3.8) is 0 Å². The van der Waals surface area contributed by atoms with Crippen LogP contribution >= 0.6 is 23.2 Å². The van der Waals surface area contributed by atoms with Crippen molar-refractivity contribution in [1.29, 1.82) is 0 Å². The zero-order valence-corrected chi connectivity index (χ0v) is 30.4. The minimum Gasteiger partial charge on any atom is -0.372 e. The van der Waals surface area contributed by atoms with Gasteiger partial charge in [0.1, 0.15) is 17.4 Å². The van der Waals surface area contributed by atoms with E-state index in [1.54, 1.807) is 12.4 Å². The number of amides is 1. The van der Waals surface area contributed by atoms with Gasteiger partial charge >= 0.3 is 0 Å². The van der Waals surface area contributed by atoms with Crippen LogP contribution in [0.2, 0.25) is 10.0 Å². The molecule has 3 N–H and O–H groups in total. The molecule has 50 heavy (non-hydrogen) atoms. The number of ketones is 1. The van der Waals surface area contributed by atoms with Gasteiger partial charge in [0.25, 0.3) is 0 Å². The zero-order chi connectivity index (χ0) is 35.4. The van der Waals surface area contributed by atoms with Crippen LogP contribution in [0.15, 0.2) is 48.8 Å². The molecule has 0 bridgehead atoms. The van der Waals surface area contributed by atoms with Crippen molar-refractivity contribution < 1.29 is 9.59 Å². The summed E-state index contributed by atoms with van der Waals surface area (Å²) >= 11 is 14.2. The molecule has 3 heterocycles. The van der Waals surface area contributed by atoms with Crippen LogP contribution in [0.5, 0.6) is 0 Å². The van der Waals surface area contributed by atoms with E-state index < -0.39 is 0 Å². The van der Waals surface area contributed by atoms with Gasteiger partial charge in [0.05, 0.1) is 45.2 Å². The van der Waals surface area contributed by atoms with Gasteiger partial charge in [-0.2, -0.15) is 0 Å². The van der Waals surface area contributed by atoms with Crippen LogP contribution in [0.4, 0.5) is 11.6 Å². The Morgan fingerprint density at radius 1 is 0.760 bits per heavy atom. The van der Waals surface area contributed by atoms with Crippen molar-refractivity contribution in [2.24, 2.45) is 5.92 Å². The van der Waals surface area contributed by atoms with Gasteiger partial charge in [-0.25, -0.2) is 9.97 Å². The maximum Gasteiger partial charge on any atom is 0.220 e. The third kappa shape index (κ3) is 8.07. The summed E-state index contributed by atoms with van der Waals surface area (Å²) in [5.74, 6) is 2.20. The Balaban J connectivity index is 1.22. The van der Waals surface area contributed by atoms with Crippen LogP contribution in [0, 0.1) is 5.92 Å². The Bertz CT molecular complexity index is 1750. The maximum atomic E-state index is 11.7. The molecule has 0 radical (unpaired) electrons. The minimum atomic E-state index is 0.107. The predicted molar refractivity (Wildman–Crippen MR) is 199 cm³/mol. The van der Waals surface area contributed by atoms with Crippen molar-refractivity contribution in [2.75, 3.05) is 51.9 Å². The number of benzene rings is 2. The molecule has 11 nitrogen and oxygen atoms in total. The van der Waals surface area contributed by atoms with Gasteiger partial charge in [0.2, 0.25) is 5.91 Å². The lowest BCUT2D eigenvalue weighted by Gasteiger charge is -2.21. The lowest BCUT2D eigenvalue weighted by atomic mass is 9.98. The van der Waals surface area contributed by atoms with Crippen molar-refractivity contribution in [3.8, 4) is 33.6 Å². The Morgan fingerprint density at radius 2 is 1.28 bits per heavy atom. The number of Topliss-reactive ketones (excluding diaryl/α,β-unsaturated/α-hetero) is 1. The van der Waals surface area contributed by atoms with Crippen LogP contribution < -0.4 is 16.0 Å². The summed E-state index contributed by atoms with van der Waals surface area (Å²) in [6.45, 7) is 2.77. The molecular formula is C37H43Cl2N9O2. The second-order valence-corrected chi connectivity index (χ2v) is 14.0. The Labute approximate surface area is 303 Å². The molecule has 1 aliphatic carbocycles. The number of carbonyl (C=O) groups excluding carboxylic acids is 2. The highest BCUT2D eigenvalue weighted by molar-refractivity contribution is 6.39. The Kier molecular flexibility index (Phi) is 11.3. The number of likely N-dealkylation sites (N-methyl/N-ethyl adjacent to an activating group) is 1. The molecule has 0 spiro atoms. The summed E-state index contributed by atoms with van der Waals surface area (Å²) in [5.41, 5.74) is 5.89. The highest BCUT2D eigenvalue weighted by atomic mass is 35.5. The smallest absolute Gasteiger partial charge is 0.220 e. The van der Waals surface area contributed by atoms with E-state index in [0.717, 1.165) is 59.6 Å². The van der Waals surface area contributed by atoms with Gasteiger partial charge < -0.3 is 20.9 Å². The number of anilines is 2. The minimum absolute atomic E-state index is 0.107. The van der Waals surface area contributed by atoms with Crippen LogP contribution in [0.3, 0.4) is 0 Å². The highest BCUT2D eigenvalue weighted by Gasteiger charge is 2.25. The van der Waals surface area contributed by atoms with E-state index >= 15 is 0 Å². The first kappa shape index (κ1) is 35.7. The van der Waals surface area contributed by atoms with Crippen LogP contribution in [-0.4, -0.2) is 88.7 Å². The fourth-order valence-electron chi connectivity index (χ4n) is 6.91. The number of carbonyl (C=O) groups is 2. The molecule has 0 unspecified atom stereocenters. The van der Waals surface area contributed by atoms with Crippen molar-refractivity contribution in [3.05, 3.63) is 70.2 Å². The molecule has 2 aromatic carbocycles. The van der Waals surface area contributed by atoms with E-state index in [1.165, 1.54) is 0 Å². The molecule has 2 atom stereocenters. The van der Waals surface area contributed by atoms with Crippen LogP contribution in [0.1, 0.15) is 43.5 Å². The Morgan fingerprint density at radius 3 is 1.74 bits per heavy atom.